The van der Waals surface area contributed by atoms with Gasteiger partial charge in [0.1, 0.15) is 6.61 Å². The van der Waals surface area contributed by atoms with Crippen LogP contribution < -0.4 is 14.8 Å². The van der Waals surface area contributed by atoms with Crippen molar-refractivity contribution >= 4 is 0 Å². The van der Waals surface area contributed by atoms with E-state index in [0.717, 1.165) is 18.6 Å². The van der Waals surface area contributed by atoms with E-state index in [9.17, 15) is 5.11 Å². The Labute approximate surface area is 108 Å². The number of para-hydroxylation sites is 2. The van der Waals surface area contributed by atoms with Crippen LogP contribution in [-0.2, 0) is 0 Å². The SMILES string of the molecule is CNC(CO)(COc1ccccc1OC)C1CC1. The molecule has 0 aliphatic heterocycles. The summed E-state index contributed by atoms with van der Waals surface area (Å²) < 4.78 is 11.1. The molecular formula is C14H21NO3. The van der Waals surface area contributed by atoms with Crippen molar-refractivity contribution in [3.05, 3.63) is 24.3 Å². The highest BCUT2D eigenvalue weighted by molar-refractivity contribution is 5.39. The summed E-state index contributed by atoms with van der Waals surface area (Å²) in [5.74, 6) is 1.94. The molecule has 0 aromatic heterocycles. The van der Waals surface area contributed by atoms with Gasteiger partial charge in [-0.25, -0.2) is 0 Å². The first-order chi connectivity index (χ1) is 8.75. The number of nitrogens with one attached hydrogen (secondary N) is 1. The van der Waals surface area contributed by atoms with Gasteiger partial charge in [0.05, 0.1) is 19.3 Å². The van der Waals surface area contributed by atoms with E-state index in [1.807, 2.05) is 31.3 Å². The van der Waals surface area contributed by atoms with Gasteiger partial charge in [0.15, 0.2) is 11.5 Å². The van der Waals surface area contributed by atoms with Crippen LogP contribution in [0.25, 0.3) is 0 Å². The van der Waals surface area contributed by atoms with Gasteiger partial charge >= 0.3 is 0 Å². The van der Waals surface area contributed by atoms with Crippen molar-refractivity contribution in [3.8, 4) is 11.5 Å². The molecule has 0 radical (unpaired) electrons. The molecule has 0 heterocycles. The predicted octanol–water partition coefficient (Wildman–Crippen LogP) is 1.43. The van der Waals surface area contributed by atoms with Crippen molar-refractivity contribution in [2.45, 2.75) is 18.4 Å². The summed E-state index contributed by atoms with van der Waals surface area (Å²) in [4.78, 5) is 0. The zero-order valence-electron chi connectivity index (χ0n) is 11.0. The molecule has 2 N–H and O–H groups in total. The Hall–Kier alpha value is -1.26. The van der Waals surface area contributed by atoms with E-state index in [-0.39, 0.29) is 12.1 Å². The normalized spacial score (nSPS) is 18.2. The summed E-state index contributed by atoms with van der Waals surface area (Å²) in [5, 5.41) is 12.8. The van der Waals surface area contributed by atoms with E-state index < -0.39 is 0 Å². The van der Waals surface area contributed by atoms with Crippen molar-refractivity contribution in [1.29, 1.82) is 0 Å². The average molecular weight is 251 g/mol. The molecule has 4 nitrogen and oxygen atoms in total. The summed E-state index contributed by atoms with van der Waals surface area (Å²) >= 11 is 0. The number of aliphatic hydroxyl groups excluding tert-OH is 1. The first kappa shape index (κ1) is 13.2. The maximum absolute atomic E-state index is 9.62. The van der Waals surface area contributed by atoms with E-state index >= 15 is 0 Å². The van der Waals surface area contributed by atoms with Gasteiger partial charge in [-0.05, 0) is 37.9 Å². The lowest BCUT2D eigenvalue weighted by molar-refractivity contribution is 0.0900. The standard InChI is InChI=1S/C14H21NO3/c1-15-14(9-16,11-7-8-11)10-18-13-6-4-3-5-12(13)17-2/h3-6,11,15-16H,7-10H2,1-2H3. The fraction of sp³-hybridized carbons (Fsp3) is 0.571. The van der Waals surface area contributed by atoms with Gasteiger partial charge in [0.25, 0.3) is 0 Å². The molecule has 0 amide bonds. The molecule has 4 heteroatoms. The van der Waals surface area contributed by atoms with E-state index in [1.165, 1.54) is 0 Å². The molecule has 0 saturated heterocycles. The second-order valence-electron chi connectivity index (χ2n) is 4.78. The first-order valence-electron chi connectivity index (χ1n) is 6.31. The second kappa shape index (κ2) is 5.59. The Morgan fingerprint density at radius 2 is 2.00 bits per heavy atom. The van der Waals surface area contributed by atoms with E-state index in [0.29, 0.717) is 18.3 Å². The molecule has 2 rings (SSSR count). The molecule has 1 aliphatic rings. The Morgan fingerprint density at radius 1 is 1.33 bits per heavy atom. The molecule has 1 fully saturated rings. The Morgan fingerprint density at radius 3 is 2.50 bits per heavy atom. The lowest BCUT2D eigenvalue weighted by atomic mass is 9.95. The number of ether oxygens (including phenoxy) is 2. The third-order valence-electron chi connectivity index (χ3n) is 3.69. The highest BCUT2D eigenvalue weighted by atomic mass is 16.5. The minimum Gasteiger partial charge on any atom is -0.493 e. The van der Waals surface area contributed by atoms with Crippen LogP contribution in [0, 0.1) is 5.92 Å². The van der Waals surface area contributed by atoms with Gasteiger partial charge < -0.3 is 19.9 Å². The van der Waals surface area contributed by atoms with Gasteiger partial charge in [0.2, 0.25) is 0 Å². The summed E-state index contributed by atoms with van der Waals surface area (Å²) in [6.07, 6.45) is 2.30. The molecule has 0 spiro atoms. The van der Waals surface area contributed by atoms with Crippen LogP contribution in [0.1, 0.15) is 12.8 Å². The van der Waals surface area contributed by atoms with Crippen molar-refractivity contribution in [2.75, 3.05) is 27.4 Å². The molecule has 18 heavy (non-hydrogen) atoms. The second-order valence-corrected chi connectivity index (χ2v) is 4.78. The molecular weight excluding hydrogens is 230 g/mol. The zero-order chi connectivity index (χ0) is 13.0. The minimum atomic E-state index is -0.332. The number of methoxy groups -OCH3 is 1. The zero-order valence-corrected chi connectivity index (χ0v) is 11.0. The molecule has 1 aromatic carbocycles. The number of benzene rings is 1. The molecule has 1 saturated carbocycles. The topological polar surface area (TPSA) is 50.7 Å². The van der Waals surface area contributed by atoms with Crippen LogP contribution in [0.5, 0.6) is 11.5 Å². The number of likely N-dealkylation sites (N-methyl/N-ethyl adjacent to an activating group) is 1. The number of hydrogen-bond acceptors (Lipinski definition) is 4. The van der Waals surface area contributed by atoms with Crippen LogP contribution >= 0.6 is 0 Å². The summed E-state index contributed by atoms with van der Waals surface area (Å²) in [6.45, 7) is 0.536. The number of rotatable bonds is 7. The quantitative estimate of drug-likeness (QED) is 0.770. The van der Waals surface area contributed by atoms with Gasteiger partial charge in [0, 0.05) is 0 Å². The number of aliphatic hydroxyl groups is 1. The van der Waals surface area contributed by atoms with Gasteiger partial charge in [-0.2, -0.15) is 0 Å². The molecule has 100 valence electrons. The van der Waals surface area contributed by atoms with E-state index in [1.54, 1.807) is 7.11 Å². The van der Waals surface area contributed by atoms with Crippen molar-refractivity contribution < 1.29 is 14.6 Å². The Balaban J connectivity index is 2.05. The van der Waals surface area contributed by atoms with Crippen LogP contribution in [0.3, 0.4) is 0 Å². The fourth-order valence-corrected chi connectivity index (χ4v) is 2.23. The van der Waals surface area contributed by atoms with Gasteiger partial charge in [-0.3, -0.25) is 0 Å². The Kier molecular flexibility index (Phi) is 4.09. The van der Waals surface area contributed by atoms with Crippen LogP contribution in [-0.4, -0.2) is 38.0 Å². The van der Waals surface area contributed by atoms with Gasteiger partial charge in [-0.1, -0.05) is 12.1 Å². The minimum absolute atomic E-state index is 0.0866. The molecule has 1 unspecified atom stereocenters. The van der Waals surface area contributed by atoms with Crippen molar-refractivity contribution in [2.24, 2.45) is 5.92 Å². The average Bonchev–Trinajstić information content (AvgIpc) is 3.26. The molecule has 1 aliphatic carbocycles. The van der Waals surface area contributed by atoms with Crippen LogP contribution in [0.4, 0.5) is 0 Å². The Bertz CT molecular complexity index is 386. The summed E-state index contributed by atoms with van der Waals surface area (Å²) in [7, 11) is 3.50. The highest BCUT2D eigenvalue weighted by Gasteiger charge is 2.44. The predicted molar refractivity (Wildman–Crippen MR) is 70.1 cm³/mol. The lowest BCUT2D eigenvalue weighted by Gasteiger charge is -2.31. The molecule has 1 atom stereocenters. The molecule has 1 aromatic rings. The van der Waals surface area contributed by atoms with E-state index in [2.05, 4.69) is 5.32 Å². The molecule has 0 bridgehead atoms. The maximum atomic E-state index is 9.62. The fourth-order valence-electron chi connectivity index (χ4n) is 2.23. The van der Waals surface area contributed by atoms with Crippen LogP contribution in [0.2, 0.25) is 0 Å². The first-order valence-corrected chi connectivity index (χ1v) is 6.31. The van der Waals surface area contributed by atoms with Gasteiger partial charge in [-0.15, -0.1) is 0 Å². The lowest BCUT2D eigenvalue weighted by Crippen LogP contribution is -2.53. The third kappa shape index (κ3) is 2.60. The highest BCUT2D eigenvalue weighted by Crippen LogP contribution is 2.40. The maximum Gasteiger partial charge on any atom is 0.161 e. The summed E-state index contributed by atoms with van der Waals surface area (Å²) in [5.41, 5.74) is -0.332. The smallest absolute Gasteiger partial charge is 0.161 e. The largest absolute Gasteiger partial charge is 0.493 e. The summed E-state index contributed by atoms with van der Waals surface area (Å²) in [6, 6.07) is 7.56. The van der Waals surface area contributed by atoms with E-state index in [4.69, 9.17) is 9.47 Å². The number of hydrogen-bond donors (Lipinski definition) is 2. The third-order valence-corrected chi connectivity index (χ3v) is 3.69. The van der Waals surface area contributed by atoms with Crippen molar-refractivity contribution in [1.82, 2.24) is 5.32 Å². The van der Waals surface area contributed by atoms with Crippen LogP contribution in [0.15, 0.2) is 24.3 Å². The monoisotopic (exact) mass is 251 g/mol. The van der Waals surface area contributed by atoms with Crippen molar-refractivity contribution in [3.63, 3.8) is 0 Å².